The summed E-state index contributed by atoms with van der Waals surface area (Å²) in [5, 5.41) is 23.2. The molecule has 0 bridgehead atoms. The van der Waals surface area contributed by atoms with E-state index in [1.165, 1.54) is 19.3 Å². The molecule has 0 aliphatic heterocycles. The van der Waals surface area contributed by atoms with Crippen LogP contribution in [0.2, 0.25) is 0 Å². The van der Waals surface area contributed by atoms with E-state index in [4.69, 9.17) is 0 Å². The molecular weight excluding hydrogens is 280 g/mol. The van der Waals surface area contributed by atoms with E-state index in [9.17, 15) is 15.0 Å². The number of amides is 1. The molecule has 0 spiro atoms. The van der Waals surface area contributed by atoms with Crippen LogP contribution in [0.1, 0.15) is 49.0 Å². The third-order valence-electron chi connectivity index (χ3n) is 5.19. The number of aromatic nitrogens is 1. The quantitative estimate of drug-likeness (QED) is 0.790. The van der Waals surface area contributed by atoms with Gasteiger partial charge in [0.25, 0.3) is 5.91 Å². The highest BCUT2D eigenvalue weighted by Crippen LogP contribution is 2.39. The fourth-order valence-electron chi connectivity index (χ4n) is 4.02. The van der Waals surface area contributed by atoms with Crippen LogP contribution in [-0.2, 0) is 0 Å². The van der Waals surface area contributed by atoms with Crippen molar-refractivity contribution in [3.8, 4) is 0 Å². The predicted molar refractivity (Wildman–Crippen MR) is 82.2 cm³/mol. The third-order valence-corrected chi connectivity index (χ3v) is 5.19. The molecule has 5 heteroatoms. The van der Waals surface area contributed by atoms with Crippen molar-refractivity contribution in [3.63, 3.8) is 0 Å². The fraction of sp³-hybridized carbons (Fsp3) is 0.647. The molecule has 4 unspecified atom stereocenters. The van der Waals surface area contributed by atoms with Crippen molar-refractivity contribution in [1.29, 1.82) is 0 Å². The molecular formula is C17H24N2O3. The van der Waals surface area contributed by atoms with Gasteiger partial charge in [0.05, 0.1) is 12.1 Å². The van der Waals surface area contributed by atoms with Gasteiger partial charge in [0.2, 0.25) is 0 Å². The molecule has 2 aliphatic rings. The molecule has 5 nitrogen and oxygen atoms in total. The number of hydrogen-bond acceptors (Lipinski definition) is 4. The van der Waals surface area contributed by atoms with E-state index in [0.29, 0.717) is 18.0 Å². The Morgan fingerprint density at radius 3 is 2.64 bits per heavy atom. The lowest BCUT2D eigenvalue weighted by molar-refractivity contribution is 0.0283. The first-order valence-electron chi connectivity index (χ1n) is 8.25. The van der Waals surface area contributed by atoms with Crippen LogP contribution in [0.4, 0.5) is 0 Å². The first-order valence-corrected chi connectivity index (χ1v) is 8.25. The van der Waals surface area contributed by atoms with Gasteiger partial charge in [0, 0.05) is 6.20 Å². The monoisotopic (exact) mass is 304 g/mol. The number of hydrogen-bond donors (Lipinski definition) is 3. The number of pyridine rings is 1. The molecule has 2 aliphatic carbocycles. The largest absolute Gasteiger partial charge is 0.390 e. The minimum Gasteiger partial charge on any atom is -0.390 e. The molecule has 0 radical (unpaired) electrons. The SMILES string of the molecule is O=C(NC1C(O)C(O)CC1C1CCCCC1)c1ccccn1. The molecule has 1 amide bonds. The standard InChI is InChI=1S/C17H24N2O3/c20-14-10-12(11-6-2-1-3-7-11)15(16(14)21)19-17(22)13-8-4-5-9-18-13/h4-5,8-9,11-12,14-16,20-21H,1-3,6-7,10H2,(H,19,22). The lowest BCUT2D eigenvalue weighted by Gasteiger charge is -2.32. The van der Waals surface area contributed by atoms with E-state index in [-0.39, 0.29) is 17.9 Å². The predicted octanol–water partition coefficient (Wildman–Crippen LogP) is 1.50. The Balaban J connectivity index is 1.72. The summed E-state index contributed by atoms with van der Waals surface area (Å²) in [6.07, 6.45) is 6.43. The zero-order chi connectivity index (χ0) is 15.5. The molecule has 3 N–H and O–H groups in total. The number of nitrogens with one attached hydrogen (secondary N) is 1. The maximum Gasteiger partial charge on any atom is 0.270 e. The summed E-state index contributed by atoms with van der Waals surface area (Å²) in [5.74, 6) is 0.354. The minimum atomic E-state index is -0.889. The molecule has 0 aromatic carbocycles. The first-order chi connectivity index (χ1) is 10.7. The summed E-state index contributed by atoms with van der Waals surface area (Å²) in [4.78, 5) is 16.4. The van der Waals surface area contributed by atoms with Crippen LogP contribution in [0, 0.1) is 11.8 Å². The molecule has 1 heterocycles. The zero-order valence-electron chi connectivity index (χ0n) is 12.7. The number of aliphatic hydroxyl groups is 2. The summed E-state index contributed by atoms with van der Waals surface area (Å²) >= 11 is 0. The Kier molecular flexibility index (Phi) is 4.74. The number of carbonyl (C=O) groups is 1. The summed E-state index contributed by atoms with van der Waals surface area (Å²) in [7, 11) is 0. The van der Waals surface area contributed by atoms with Crippen LogP contribution in [-0.4, -0.2) is 39.4 Å². The lowest BCUT2D eigenvalue weighted by atomic mass is 9.77. The Morgan fingerprint density at radius 1 is 1.18 bits per heavy atom. The molecule has 0 saturated heterocycles. The average Bonchev–Trinajstić information content (AvgIpc) is 2.85. The molecule has 120 valence electrons. The van der Waals surface area contributed by atoms with E-state index in [1.807, 2.05) is 0 Å². The van der Waals surface area contributed by atoms with E-state index in [2.05, 4.69) is 10.3 Å². The number of aliphatic hydroxyl groups excluding tert-OH is 2. The topological polar surface area (TPSA) is 82.5 Å². The fourth-order valence-corrected chi connectivity index (χ4v) is 4.02. The smallest absolute Gasteiger partial charge is 0.270 e. The molecule has 4 atom stereocenters. The van der Waals surface area contributed by atoms with Crippen LogP contribution >= 0.6 is 0 Å². The van der Waals surface area contributed by atoms with Crippen LogP contribution in [0.5, 0.6) is 0 Å². The Hall–Kier alpha value is -1.46. The molecule has 1 aromatic rings. The summed E-state index contributed by atoms with van der Waals surface area (Å²) in [6.45, 7) is 0. The van der Waals surface area contributed by atoms with Crippen molar-refractivity contribution in [2.75, 3.05) is 0 Å². The minimum absolute atomic E-state index is 0.151. The van der Waals surface area contributed by atoms with Gasteiger partial charge >= 0.3 is 0 Å². The zero-order valence-corrected chi connectivity index (χ0v) is 12.7. The summed E-state index contributed by atoms with van der Waals surface area (Å²) < 4.78 is 0. The van der Waals surface area contributed by atoms with Crippen LogP contribution < -0.4 is 5.32 Å². The van der Waals surface area contributed by atoms with Crippen LogP contribution in [0.25, 0.3) is 0 Å². The van der Waals surface area contributed by atoms with Crippen molar-refractivity contribution in [2.45, 2.75) is 56.8 Å². The second-order valence-corrected chi connectivity index (χ2v) is 6.57. The van der Waals surface area contributed by atoms with Gasteiger partial charge in [-0.3, -0.25) is 9.78 Å². The van der Waals surface area contributed by atoms with Crippen molar-refractivity contribution >= 4 is 5.91 Å². The highest BCUT2D eigenvalue weighted by atomic mass is 16.3. The van der Waals surface area contributed by atoms with E-state index in [1.54, 1.807) is 24.4 Å². The third kappa shape index (κ3) is 3.15. The van der Waals surface area contributed by atoms with Gasteiger partial charge in [-0.05, 0) is 30.4 Å². The normalized spacial score (nSPS) is 32.8. The van der Waals surface area contributed by atoms with E-state index in [0.717, 1.165) is 12.8 Å². The highest BCUT2D eigenvalue weighted by Gasteiger charge is 2.45. The van der Waals surface area contributed by atoms with Gasteiger partial charge in [-0.1, -0.05) is 38.2 Å². The Labute approximate surface area is 130 Å². The number of rotatable bonds is 3. The maximum absolute atomic E-state index is 12.3. The van der Waals surface area contributed by atoms with Crippen molar-refractivity contribution in [1.82, 2.24) is 10.3 Å². The van der Waals surface area contributed by atoms with Gasteiger partial charge in [0.1, 0.15) is 11.8 Å². The molecule has 22 heavy (non-hydrogen) atoms. The number of nitrogens with zero attached hydrogens (tertiary/aromatic N) is 1. The van der Waals surface area contributed by atoms with Gasteiger partial charge in [-0.2, -0.15) is 0 Å². The maximum atomic E-state index is 12.3. The van der Waals surface area contributed by atoms with Crippen molar-refractivity contribution in [3.05, 3.63) is 30.1 Å². The highest BCUT2D eigenvalue weighted by molar-refractivity contribution is 5.92. The van der Waals surface area contributed by atoms with Crippen molar-refractivity contribution in [2.24, 2.45) is 11.8 Å². The van der Waals surface area contributed by atoms with Gasteiger partial charge in [-0.15, -0.1) is 0 Å². The summed E-state index contributed by atoms with van der Waals surface area (Å²) in [5.41, 5.74) is 0.346. The van der Waals surface area contributed by atoms with E-state index < -0.39 is 12.2 Å². The van der Waals surface area contributed by atoms with Crippen molar-refractivity contribution < 1.29 is 15.0 Å². The Bertz CT molecular complexity index is 502. The van der Waals surface area contributed by atoms with Crippen LogP contribution in [0.3, 0.4) is 0 Å². The second kappa shape index (κ2) is 6.75. The number of carbonyl (C=O) groups excluding carboxylic acids is 1. The van der Waals surface area contributed by atoms with E-state index >= 15 is 0 Å². The van der Waals surface area contributed by atoms with Gasteiger partial charge in [0.15, 0.2) is 0 Å². The molecule has 2 fully saturated rings. The van der Waals surface area contributed by atoms with Gasteiger partial charge in [-0.25, -0.2) is 0 Å². The van der Waals surface area contributed by atoms with Crippen LogP contribution in [0.15, 0.2) is 24.4 Å². The molecule has 1 aromatic heterocycles. The lowest BCUT2D eigenvalue weighted by Crippen LogP contribution is -2.47. The first kappa shape index (κ1) is 15.4. The Morgan fingerprint density at radius 2 is 1.95 bits per heavy atom. The summed E-state index contributed by atoms with van der Waals surface area (Å²) in [6, 6.07) is 4.80. The average molecular weight is 304 g/mol. The molecule has 2 saturated carbocycles. The second-order valence-electron chi connectivity index (χ2n) is 6.57. The molecule has 3 rings (SSSR count). The van der Waals surface area contributed by atoms with Gasteiger partial charge < -0.3 is 15.5 Å².